The number of nitrogens with two attached hydrogens (primary N) is 1. The number of hydrogen-bond acceptors (Lipinski definition) is 4. The fourth-order valence-corrected chi connectivity index (χ4v) is 2.34. The summed E-state index contributed by atoms with van der Waals surface area (Å²) >= 11 is 6.01. The van der Waals surface area contributed by atoms with Crippen molar-refractivity contribution in [2.45, 2.75) is 6.92 Å². The number of halogens is 1. The Bertz CT molecular complexity index is 895. The molecule has 3 amide bonds. The van der Waals surface area contributed by atoms with Gasteiger partial charge in [-0.05, 0) is 48.4 Å². The molecule has 8 heteroatoms. The first-order chi connectivity index (χ1) is 13.3. The van der Waals surface area contributed by atoms with E-state index in [0.717, 1.165) is 11.1 Å². The Morgan fingerprint density at radius 2 is 1.86 bits per heavy atom. The molecule has 0 atom stereocenters. The summed E-state index contributed by atoms with van der Waals surface area (Å²) in [6.07, 6.45) is 2.91. The third-order valence-electron chi connectivity index (χ3n) is 3.65. The zero-order chi connectivity index (χ0) is 20.5. The molecule has 0 saturated heterocycles. The van der Waals surface area contributed by atoms with Crippen LogP contribution in [0.5, 0.6) is 5.75 Å². The van der Waals surface area contributed by atoms with Crippen LogP contribution in [0.2, 0.25) is 5.02 Å². The van der Waals surface area contributed by atoms with E-state index in [-0.39, 0.29) is 19.1 Å². The minimum atomic E-state index is -0.560. The van der Waals surface area contributed by atoms with E-state index in [4.69, 9.17) is 22.1 Å². The Kier molecular flexibility index (Phi) is 7.59. The number of carbonyl (C=O) groups excluding carboxylic acids is 3. The van der Waals surface area contributed by atoms with Crippen molar-refractivity contribution in [1.29, 1.82) is 0 Å². The average molecular weight is 402 g/mol. The Hall–Kier alpha value is -3.32. The smallest absolute Gasteiger partial charge is 0.255 e. The number of hydrogen-bond donors (Lipinski definition) is 3. The standard InChI is InChI=1S/C20H20ClN3O4/c1-13-16(21)3-2-4-17(13)24-20(27)11-23-19(26)10-7-14-5-8-15(9-6-14)28-12-18(22)25/h2-10H,11-12H2,1H3,(H2,22,25)(H,23,26)(H,24,27)/b10-7+. The van der Waals surface area contributed by atoms with Gasteiger partial charge in [0.05, 0.1) is 6.54 Å². The molecule has 0 fully saturated rings. The van der Waals surface area contributed by atoms with Crippen molar-refractivity contribution in [2.24, 2.45) is 5.73 Å². The first-order valence-electron chi connectivity index (χ1n) is 8.37. The molecular formula is C20H20ClN3O4. The molecule has 0 radical (unpaired) electrons. The Morgan fingerprint density at radius 3 is 2.54 bits per heavy atom. The number of amides is 3. The summed E-state index contributed by atoms with van der Waals surface area (Å²) in [7, 11) is 0. The van der Waals surface area contributed by atoms with Crippen LogP contribution in [0, 0.1) is 6.92 Å². The van der Waals surface area contributed by atoms with Gasteiger partial charge < -0.3 is 21.1 Å². The molecular weight excluding hydrogens is 382 g/mol. The minimum Gasteiger partial charge on any atom is -0.484 e. The Labute approximate surface area is 167 Å². The predicted molar refractivity (Wildman–Crippen MR) is 108 cm³/mol. The third-order valence-corrected chi connectivity index (χ3v) is 4.06. The van der Waals surface area contributed by atoms with Crippen molar-refractivity contribution in [3.63, 3.8) is 0 Å². The second-order valence-electron chi connectivity index (χ2n) is 5.84. The van der Waals surface area contributed by atoms with Crippen LogP contribution in [-0.4, -0.2) is 30.9 Å². The summed E-state index contributed by atoms with van der Waals surface area (Å²) in [6, 6.07) is 11.9. The van der Waals surface area contributed by atoms with Gasteiger partial charge in [0.15, 0.2) is 6.61 Å². The fourth-order valence-electron chi connectivity index (χ4n) is 2.17. The number of primary amides is 1. The van der Waals surface area contributed by atoms with Crippen LogP contribution in [0.1, 0.15) is 11.1 Å². The van der Waals surface area contributed by atoms with E-state index in [9.17, 15) is 14.4 Å². The normalized spacial score (nSPS) is 10.5. The second kappa shape index (κ2) is 10.1. The maximum atomic E-state index is 12.0. The molecule has 0 heterocycles. The molecule has 2 rings (SSSR count). The Balaban J connectivity index is 1.80. The van der Waals surface area contributed by atoms with Gasteiger partial charge in [-0.1, -0.05) is 29.8 Å². The van der Waals surface area contributed by atoms with Crippen LogP contribution >= 0.6 is 11.6 Å². The van der Waals surface area contributed by atoms with Gasteiger partial charge in [0.1, 0.15) is 5.75 Å². The van der Waals surface area contributed by atoms with Crippen LogP contribution < -0.4 is 21.1 Å². The highest BCUT2D eigenvalue weighted by Crippen LogP contribution is 2.22. The number of carbonyl (C=O) groups is 3. The molecule has 146 valence electrons. The lowest BCUT2D eigenvalue weighted by molar-refractivity contribution is -0.121. The zero-order valence-electron chi connectivity index (χ0n) is 15.2. The third kappa shape index (κ3) is 6.77. The molecule has 0 saturated carbocycles. The van der Waals surface area contributed by atoms with E-state index in [1.807, 2.05) is 0 Å². The SMILES string of the molecule is Cc1c(Cl)cccc1NC(=O)CNC(=O)/C=C/c1ccc(OCC(N)=O)cc1. The van der Waals surface area contributed by atoms with E-state index in [1.54, 1.807) is 55.5 Å². The highest BCUT2D eigenvalue weighted by Gasteiger charge is 2.07. The van der Waals surface area contributed by atoms with Crippen LogP contribution in [0.3, 0.4) is 0 Å². The van der Waals surface area contributed by atoms with E-state index in [1.165, 1.54) is 6.08 Å². The maximum Gasteiger partial charge on any atom is 0.255 e. The van der Waals surface area contributed by atoms with Crippen molar-refractivity contribution in [3.05, 3.63) is 64.7 Å². The van der Waals surface area contributed by atoms with E-state index in [0.29, 0.717) is 16.5 Å². The summed E-state index contributed by atoms with van der Waals surface area (Å²) in [4.78, 5) is 34.5. The summed E-state index contributed by atoms with van der Waals surface area (Å²) in [6.45, 7) is 1.42. The number of rotatable bonds is 8. The molecule has 0 aliphatic heterocycles. The highest BCUT2D eigenvalue weighted by molar-refractivity contribution is 6.31. The van der Waals surface area contributed by atoms with Crippen molar-refractivity contribution in [3.8, 4) is 5.75 Å². The van der Waals surface area contributed by atoms with E-state index >= 15 is 0 Å². The average Bonchev–Trinajstić information content (AvgIpc) is 2.67. The topological polar surface area (TPSA) is 111 Å². The van der Waals surface area contributed by atoms with Gasteiger partial charge in [-0.15, -0.1) is 0 Å². The lowest BCUT2D eigenvalue weighted by Crippen LogP contribution is -2.31. The van der Waals surface area contributed by atoms with Gasteiger partial charge in [0.25, 0.3) is 5.91 Å². The molecule has 0 unspecified atom stereocenters. The molecule has 0 spiro atoms. The van der Waals surface area contributed by atoms with Crippen molar-refractivity contribution < 1.29 is 19.1 Å². The number of ether oxygens (including phenoxy) is 1. The molecule has 0 aliphatic rings. The molecule has 7 nitrogen and oxygen atoms in total. The second-order valence-corrected chi connectivity index (χ2v) is 6.24. The minimum absolute atomic E-state index is 0.172. The summed E-state index contributed by atoms with van der Waals surface area (Å²) in [5, 5.41) is 5.75. The van der Waals surface area contributed by atoms with Crippen LogP contribution in [0.25, 0.3) is 6.08 Å². The maximum absolute atomic E-state index is 12.0. The first-order valence-corrected chi connectivity index (χ1v) is 8.75. The van der Waals surface area contributed by atoms with Crippen molar-refractivity contribution in [1.82, 2.24) is 5.32 Å². The van der Waals surface area contributed by atoms with Gasteiger partial charge >= 0.3 is 0 Å². The van der Waals surface area contributed by atoms with Gasteiger partial charge in [0.2, 0.25) is 11.8 Å². The molecule has 4 N–H and O–H groups in total. The molecule has 2 aromatic rings. The van der Waals surface area contributed by atoms with Gasteiger partial charge in [-0.2, -0.15) is 0 Å². The van der Waals surface area contributed by atoms with E-state index < -0.39 is 11.8 Å². The zero-order valence-corrected chi connectivity index (χ0v) is 16.0. The summed E-state index contributed by atoms with van der Waals surface area (Å²) in [5.41, 5.74) is 7.11. The largest absolute Gasteiger partial charge is 0.484 e. The predicted octanol–water partition coefficient (Wildman–Crippen LogP) is 2.28. The monoisotopic (exact) mass is 401 g/mol. The summed E-state index contributed by atoms with van der Waals surface area (Å²) in [5.74, 6) is -0.835. The summed E-state index contributed by atoms with van der Waals surface area (Å²) < 4.78 is 5.15. The van der Waals surface area contributed by atoms with Gasteiger partial charge in [0, 0.05) is 16.8 Å². The fraction of sp³-hybridized carbons (Fsp3) is 0.150. The molecule has 28 heavy (non-hydrogen) atoms. The van der Waals surface area contributed by atoms with Crippen molar-refractivity contribution >= 4 is 41.1 Å². The quantitative estimate of drug-likeness (QED) is 0.589. The lowest BCUT2D eigenvalue weighted by atomic mass is 10.2. The Morgan fingerprint density at radius 1 is 1.14 bits per heavy atom. The lowest BCUT2D eigenvalue weighted by Gasteiger charge is -2.09. The van der Waals surface area contributed by atoms with Crippen LogP contribution in [-0.2, 0) is 14.4 Å². The molecule has 0 aromatic heterocycles. The van der Waals surface area contributed by atoms with E-state index in [2.05, 4.69) is 10.6 Å². The molecule has 2 aromatic carbocycles. The molecule has 0 aliphatic carbocycles. The van der Waals surface area contributed by atoms with Crippen LogP contribution in [0.4, 0.5) is 5.69 Å². The highest BCUT2D eigenvalue weighted by atomic mass is 35.5. The number of anilines is 1. The number of nitrogens with one attached hydrogen (secondary N) is 2. The van der Waals surface area contributed by atoms with Crippen LogP contribution in [0.15, 0.2) is 48.5 Å². The first kappa shape index (κ1) is 21.0. The van der Waals surface area contributed by atoms with Crippen molar-refractivity contribution in [2.75, 3.05) is 18.5 Å². The van der Waals surface area contributed by atoms with Gasteiger partial charge in [-0.25, -0.2) is 0 Å². The molecule has 0 bridgehead atoms. The number of benzene rings is 2. The van der Waals surface area contributed by atoms with Gasteiger partial charge in [-0.3, -0.25) is 14.4 Å².